The van der Waals surface area contributed by atoms with E-state index in [0.717, 1.165) is 6.54 Å². The third-order valence-corrected chi connectivity index (χ3v) is 3.39. The number of rotatable bonds is 5. The summed E-state index contributed by atoms with van der Waals surface area (Å²) in [4.78, 5) is 4.57. The number of aliphatic imine (C=N–C) groups is 1. The average Bonchev–Trinajstić information content (AvgIpc) is 2.18. The molecule has 1 saturated heterocycles. The minimum absolute atomic E-state index is 0.616. The molecule has 3 heteroatoms. The molecule has 1 N–H and O–H groups in total. The van der Waals surface area contributed by atoms with Gasteiger partial charge in [-0.15, -0.1) is 0 Å². The summed E-state index contributed by atoms with van der Waals surface area (Å²) in [6.45, 7) is 5.47. The fourth-order valence-corrected chi connectivity index (χ4v) is 2.60. The molecule has 1 atom stereocenters. The molecule has 0 aliphatic carbocycles. The summed E-state index contributed by atoms with van der Waals surface area (Å²) < 4.78 is 0. The van der Waals surface area contributed by atoms with E-state index in [0.29, 0.717) is 6.04 Å². The standard InChI is InChI=1S/C11H22N2S/c1-3-4-5-6-8-12-11-13-10(2)7-9-14-11/h10H,3-9H2,1-2H3,(H,12,13). The molecule has 0 amide bonds. The molecule has 1 rings (SSSR count). The van der Waals surface area contributed by atoms with Crippen LogP contribution in [-0.4, -0.2) is 23.5 Å². The largest absolute Gasteiger partial charge is 0.362 e. The summed E-state index contributed by atoms with van der Waals surface area (Å²) in [7, 11) is 0. The van der Waals surface area contributed by atoms with Gasteiger partial charge in [-0.1, -0.05) is 37.9 Å². The normalized spacial score (nSPS) is 25.0. The van der Waals surface area contributed by atoms with Crippen LogP contribution in [0.2, 0.25) is 0 Å². The monoisotopic (exact) mass is 214 g/mol. The van der Waals surface area contributed by atoms with Crippen LogP contribution in [0, 0.1) is 0 Å². The van der Waals surface area contributed by atoms with Gasteiger partial charge >= 0.3 is 0 Å². The molecule has 0 spiro atoms. The summed E-state index contributed by atoms with van der Waals surface area (Å²) in [5, 5.41) is 4.59. The first-order valence-corrected chi connectivity index (χ1v) is 6.75. The zero-order chi connectivity index (χ0) is 10.2. The lowest BCUT2D eigenvalue weighted by Gasteiger charge is -2.21. The third-order valence-electron chi connectivity index (χ3n) is 2.43. The van der Waals surface area contributed by atoms with E-state index in [2.05, 4.69) is 24.2 Å². The molecule has 82 valence electrons. The summed E-state index contributed by atoms with van der Waals surface area (Å²) >= 11 is 1.87. The van der Waals surface area contributed by atoms with E-state index in [1.165, 1.54) is 43.0 Å². The molecule has 1 fully saturated rings. The van der Waals surface area contributed by atoms with Crippen molar-refractivity contribution in [2.24, 2.45) is 4.99 Å². The van der Waals surface area contributed by atoms with Crippen molar-refractivity contribution in [3.63, 3.8) is 0 Å². The summed E-state index contributed by atoms with van der Waals surface area (Å²) in [6, 6.07) is 0.616. The maximum atomic E-state index is 4.57. The Morgan fingerprint density at radius 1 is 1.43 bits per heavy atom. The molecule has 0 saturated carbocycles. The fraction of sp³-hybridized carbons (Fsp3) is 0.909. The Labute approximate surface area is 92.0 Å². The Bertz CT molecular complexity index is 180. The molecule has 2 nitrogen and oxygen atoms in total. The van der Waals surface area contributed by atoms with Crippen LogP contribution in [-0.2, 0) is 0 Å². The van der Waals surface area contributed by atoms with E-state index in [4.69, 9.17) is 0 Å². The van der Waals surface area contributed by atoms with Crippen molar-refractivity contribution in [3.05, 3.63) is 0 Å². The maximum absolute atomic E-state index is 4.57. The van der Waals surface area contributed by atoms with Crippen molar-refractivity contribution in [2.45, 2.75) is 52.0 Å². The second kappa shape index (κ2) is 7.16. The Kier molecular flexibility index (Phi) is 6.08. The van der Waals surface area contributed by atoms with Crippen molar-refractivity contribution in [3.8, 4) is 0 Å². The Balaban J connectivity index is 2.10. The second-order valence-corrected chi connectivity index (χ2v) is 5.01. The number of amidine groups is 1. The molecule has 1 unspecified atom stereocenters. The van der Waals surface area contributed by atoms with Gasteiger partial charge in [-0.3, -0.25) is 4.99 Å². The van der Waals surface area contributed by atoms with Crippen molar-refractivity contribution in [1.29, 1.82) is 0 Å². The topological polar surface area (TPSA) is 24.4 Å². The number of hydrogen-bond donors (Lipinski definition) is 1. The van der Waals surface area contributed by atoms with Crippen LogP contribution >= 0.6 is 11.8 Å². The van der Waals surface area contributed by atoms with Gasteiger partial charge in [0.15, 0.2) is 5.17 Å². The van der Waals surface area contributed by atoms with Gasteiger partial charge in [0, 0.05) is 18.3 Å². The first-order chi connectivity index (χ1) is 6.83. The first-order valence-electron chi connectivity index (χ1n) is 5.76. The third kappa shape index (κ3) is 4.89. The van der Waals surface area contributed by atoms with E-state index >= 15 is 0 Å². The molecular weight excluding hydrogens is 192 g/mol. The van der Waals surface area contributed by atoms with Crippen LogP contribution in [0.4, 0.5) is 0 Å². The van der Waals surface area contributed by atoms with E-state index in [-0.39, 0.29) is 0 Å². The first kappa shape index (κ1) is 11.9. The van der Waals surface area contributed by atoms with Crippen molar-refractivity contribution in [2.75, 3.05) is 12.3 Å². The van der Waals surface area contributed by atoms with Crippen molar-refractivity contribution >= 4 is 16.9 Å². The molecule has 0 bridgehead atoms. The minimum Gasteiger partial charge on any atom is -0.362 e. The van der Waals surface area contributed by atoms with Gasteiger partial charge in [-0.05, 0) is 19.8 Å². The predicted octanol–water partition coefficient (Wildman–Crippen LogP) is 3.04. The van der Waals surface area contributed by atoms with E-state index < -0.39 is 0 Å². The zero-order valence-corrected chi connectivity index (χ0v) is 10.2. The van der Waals surface area contributed by atoms with Crippen molar-refractivity contribution in [1.82, 2.24) is 5.32 Å². The van der Waals surface area contributed by atoms with Gasteiger partial charge in [0.2, 0.25) is 0 Å². The van der Waals surface area contributed by atoms with Gasteiger partial charge in [-0.2, -0.15) is 0 Å². The Hall–Kier alpha value is -0.180. The van der Waals surface area contributed by atoms with E-state index in [9.17, 15) is 0 Å². The highest BCUT2D eigenvalue weighted by Gasteiger charge is 2.11. The molecule has 0 aromatic rings. The van der Waals surface area contributed by atoms with Crippen LogP contribution in [0.25, 0.3) is 0 Å². The van der Waals surface area contributed by atoms with E-state index in [1.807, 2.05) is 11.8 Å². The lowest BCUT2D eigenvalue weighted by molar-refractivity contribution is 0.637. The maximum Gasteiger partial charge on any atom is 0.156 e. The lowest BCUT2D eigenvalue weighted by Crippen LogP contribution is -2.35. The van der Waals surface area contributed by atoms with Crippen LogP contribution in [0.15, 0.2) is 4.99 Å². The van der Waals surface area contributed by atoms with Crippen LogP contribution < -0.4 is 5.32 Å². The molecule has 0 radical (unpaired) electrons. The number of unbranched alkanes of at least 4 members (excludes halogenated alkanes) is 3. The van der Waals surface area contributed by atoms with Gasteiger partial charge in [0.05, 0.1) is 0 Å². The average molecular weight is 214 g/mol. The molecule has 0 aromatic carbocycles. The smallest absolute Gasteiger partial charge is 0.156 e. The van der Waals surface area contributed by atoms with E-state index in [1.54, 1.807) is 0 Å². The Morgan fingerprint density at radius 2 is 2.29 bits per heavy atom. The van der Waals surface area contributed by atoms with Crippen LogP contribution in [0.3, 0.4) is 0 Å². The lowest BCUT2D eigenvalue weighted by atomic mass is 10.2. The predicted molar refractivity (Wildman–Crippen MR) is 66.1 cm³/mol. The molecule has 14 heavy (non-hydrogen) atoms. The van der Waals surface area contributed by atoms with Gasteiger partial charge < -0.3 is 5.32 Å². The number of hydrogen-bond acceptors (Lipinski definition) is 2. The van der Waals surface area contributed by atoms with Gasteiger partial charge in [0.1, 0.15) is 0 Å². The molecule has 1 heterocycles. The minimum atomic E-state index is 0.616. The van der Waals surface area contributed by atoms with Crippen LogP contribution in [0.5, 0.6) is 0 Å². The fourth-order valence-electron chi connectivity index (χ4n) is 1.47. The molecule has 1 aliphatic heterocycles. The second-order valence-electron chi connectivity index (χ2n) is 3.93. The zero-order valence-electron chi connectivity index (χ0n) is 9.38. The number of nitrogens with one attached hydrogen (secondary N) is 1. The van der Waals surface area contributed by atoms with Gasteiger partial charge in [-0.25, -0.2) is 0 Å². The quantitative estimate of drug-likeness (QED) is 0.711. The highest BCUT2D eigenvalue weighted by Crippen LogP contribution is 2.13. The van der Waals surface area contributed by atoms with Crippen LogP contribution in [0.1, 0.15) is 46.0 Å². The molecule has 0 aromatic heterocycles. The highest BCUT2D eigenvalue weighted by atomic mass is 32.2. The summed E-state index contributed by atoms with van der Waals surface area (Å²) in [5.41, 5.74) is 0. The highest BCUT2D eigenvalue weighted by molar-refractivity contribution is 8.13. The van der Waals surface area contributed by atoms with Crippen molar-refractivity contribution < 1.29 is 0 Å². The summed E-state index contributed by atoms with van der Waals surface area (Å²) in [6.07, 6.45) is 6.49. The number of nitrogens with zero attached hydrogens (tertiary/aromatic N) is 1. The van der Waals surface area contributed by atoms with Gasteiger partial charge in [0.25, 0.3) is 0 Å². The summed E-state index contributed by atoms with van der Waals surface area (Å²) in [5.74, 6) is 1.22. The Morgan fingerprint density at radius 3 is 3.00 bits per heavy atom. The number of thioether (sulfide) groups is 1. The SMILES string of the molecule is CCCCCCN=C1NC(C)CCS1. The molecule has 1 aliphatic rings. The molecular formula is C11H22N2S.